The summed E-state index contributed by atoms with van der Waals surface area (Å²) in [6, 6.07) is 1.08. The highest BCUT2D eigenvalue weighted by Gasteiger charge is 2.14. The molecular weight excluding hydrogens is 234 g/mol. The topological polar surface area (TPSA) is 89.7 Å². The number of nitrogens with zero attached hydrogens (tertiary/aromatic N) is 3. The molecule has 2 aromatic heterocycles. The molecule has 0 spiro atoms. The number of hydrogen-bond acceptors (Lipinski definition) is 5. The van der Waals surface area contributed by atoms with Crippen molar-refractivity contribution >= 4 is 25.2 Å². The molecule has 0 aliphatic heterocycles. The summed E-state index contributed by atoms with van der Waals surface area (Å²) in [6.45, 7) is 7.56. The van der Waals surface area contributed by atoms with Gasteiger partial charge >= 0.3 is 0 Å². The van der Waals surface area contributed by atoms with Crippen LogP contribution in [0.5, 0.6) is 5.88 Å². The fourth-order valence-corrected chi connectivity index (χ4v) is 2.10. The third-order valence-electron chi connectivity index (χ3n) is 2.36. The standard InChI is InChI=1S/C10H17N5OSi/c1-17(2,3)5-4-16-9-7-8(13-6-12-7)14-10(11)15-9/h6H,4-5H2,1-3H3,(H3,11,12,13,14,15). The Morgan fingerprint density at radius 1 is 1.35 bits per heavy atom. The Hall–Kier alpha value is -1.63. The number of aromatic amines is 1. The Balaban J connectivity index is 2.15. The lowest BCUT2D eigenvalue weighted by molar-refractivity contribution is 0.329. The van der Waals surface area contributed by atoms with E-state index >= 15 is 0 Å². The summed E-state index contributed by atoms with van der Waals surface area (Å²) in [6.07, 6.45) is 1.56. The van der Waals surface area contributed by atoms with E-state index in [1.54, 1.807) is 6.33 Å². The molecule has 0 fully saturated rings. The molecule has 0 bridgehead atoms. The molecule has 0 aliphatic carbocycles. The summed E-state index contributed by atoms with van der Waals surface area (Å²) in [5, 5.41) is 0. The number of imidazole rings is 1. The predicted molar refractivity (Wildman–Crippen MR) is 69.7 cm³/mol. The number of fused-ring (bicyclic) bond motifs is 1. The summed E-state index contributed by atoms with van der Waals surface area (Å²) in [5.74, 6) is 0.677. The second-order valence-electron chi connectivity index (χ2n) is 5.15. The average molecular weight is 251 g/mol. The second kappa shape index (κ2) is 4.32. The second-order valence-corrected chi connectivity index (χ2v) is 10.8. The van der Waals surface area contributed by atoms with Crippen LogP contribution in [-0.2, 0) is 0 Å². The van der Waals surface area contributed by atoms with E-state index in [1.165, 1.54) is 0 Å². The van der Waals surface area contributed by atoms with Crippen LogP contribution < -0.4 is 10.5 Å². The van der Waals surface area contributed by atoms with Crippen molar-refractivity contribution < 1.29 is 4.74 Å². The molecule has 0 saturated heterocycles. The predicted octanol–water partition coefficient (Wildman–Crippen LogP) is 1.65. The summed E-state index contributed by atoms with van der Waals surface area (Å²) in [7, 11) is -1.10. The Labute approximate surface area is 101 Å². The SMILES string of the molecule is C[Si](C)(C)CCOc1nc(N)nc2nc[nH]c12. The van der Waals surface area contributed by atoms with E-state index in [-0.39, 0.29) is 5.95 Å². The monoisotopic (exact) mass is 251 g/mol. The molecule has 7 heteroatoms. The largest absolute Gasteiger partial charge is 0.476 e. The van der Waals surface area contributed by atoms with Gasteiger partial charge in [-0.05, 0) is 6.04 Å². The molecule has 6 nitrogen and oxygen atoms in total. The van der Waals surface area contributed by atoms with Crippen LogP contribution in [-0.4, -0.2) is 34.6 Å². The lowest BCUT2D eigenvalue weighted by Gasteiger charge is -2.15. The van der Waals surface area contributed by atoms with Crippen LogP contribution in [0, 0.1) is 0 Å². The van der Waals surface area contributed by atoms with Crippen LogP contribution >= 0.6 is 0 Å². The molecule has 0 aromatic carbocycles. The summed E-state index contributed by atoms with van der Waals surface area (Å²) in [5.41, 5.74) is 6.84. The van der Waals surface area contributed by atoms with Crippen molar-refractivity contribution in [2.24, 2.45) is 0 Å². The maximum Gasteiger partial charge on any atom is 0.245 e. The fraction of sp³-hybridized carbons (Fsp3) is 0.500. The molecule has 92 valence electrons. The highest BCUT2D eigenvalue weighted by Crippen LogP contribution is 2.20. The molecule has 17 heavy (non-hydrogen) atoms. The van der Waals surface area contributed by atoms with E-state index in [4.69, 9.17) is 10.5 Å². The molecule has 0 aliphatic rings. The average Bonchev–Trinajstić information content (AvgIpc) is 2.63. The maximum absolute atomic E-state index is 5.67. The number of rotatable bonds is 4. The zero-order valence-electron chi connectivity index (χ0n) is 10.3. The third kappa shape index (κ3) is 2.93. The van der Waals surface area contributed by atoms with Gasteiger partial charge in [-0.1, -0.05) is 19.6 Å². The lowest BCUT2D eigenvalue weighted by atomic mass is 10.5. The van der Waals surface area contributed by atoms with Gasteiger partial charge < -0.3 is 15.5 Å². The molecule has 0 amide bonds. The molecule has 0 unspecified atom stereocenters. The Morgan fingerprint density at radius 3 is 2.82 bits per heavy atom. The molecule has 0 radical (unpaired) electrons. The van der Waals surface area contributed by atoms with Gasteiger partial charge in [0.15, 0.2) is 5.65 Å². The van der Waals surface area contributed by atoms with Gasteiger partial charge in [-0.2, -0.15) is 9.97 Å². The van der Waals surface area contributed by atoms with Crippen LogP contribution in [0.2, 0.25) is 25.7 Å². The highest BCUT2D eigenvalue weighted by atomic mass is 28.3. The molecule has 2 rings (SSSR count). The van der Waals surface area contributed by atoms with Crippen LogP contribution in [0.25, 0.3) is 11.2 Å². The van der Waals surface area contributed by atoms with Gasteiger partial charge in [0.25, 0.3) is 0 Å². The number of hydrogen-bond donors (Lipinski definition) is 2. The molecule has 0 atom stereocenters. The third-order valence-corrected chi connectivity index (χ3v) is 4.06. The zero-order valence-corrected chi connectivity index (χ0v) is 11.3. The summed E-state index contributed by atoms with van der Waals surface area (Å²) in [4.78, 5) is 15.1. The van der Waals surface area contributed by atoms with Crippen LogP contribution in [0.3, 0.4) is 0 Å². The van der Waals surface area contributed by atoms with Crippen molar-refractivity contribution in [2.45, 2.75) is 25.7 Å². The van der Waals surface area contributed by atoms with Gasteiger partial charge in [0.2, 0.25) is 11.8 Å². The van der Waals surface area contributed by atoms with E-state index < -0.39 is 8.07 Å². The minimum Gasteiger partial charge on any atom is -0.476 e. The number of nitrogens with two attached hydrogens (primary N) is 1. The number of H-pyrrole nitrogens is 1. The van der Waals surface area contributed by atoms with Crippen molar-refractivity contribution in [3.63, 3.8) is 0 Å². The van der Waals surface area contributed by atoms with Gasteiger partial charge in [0.05, 0.1) is 12.9 Å². The molecule has 0 saturated carbocycles. The molecular formula is C10H17N5OSi. The zero-order chi connectivity index (χ0) is 12.5. The first-order valence-electron chi connectivity index (χ1n) is 5.55. The number of ether oxygens (including phenoxy) is 1. The first-order valence-corrected chi connectivity index (χ1v) is 9.26. The van der Waals surface area contributed by atoms with E-state index in [0.717, 1.165) is 6.04 Å². The van der Waals surface area contributed by atoms with Crippen molar-refractivity contribution in [1.29, 1.82) is 0 Å². The van der Waals surface area contributed by atoms with Gasteiger partial charge in [-0.3, -0.25) is 0 Å². The van der Waals surface area contributed by atoms with Crippen LogP contribution in [0.1, 0.15) is 0 Å². The highest BCUT2D eigenvalue weighted by molar-refractivity contribution is 6.76. The van der Waals surface area contributed by atoms with Gasteiger partial charge in [0.1, 0.15) is 5.52 Å². The van der Waals surface area contributed by atoms with Gasteiger partial charge in [-0.25, -0.2) is 4.98 Å². The first kappa shape index (κ1) is 11.8. The number of anilines is 1. The van der Waals surface area contributed by atoms with Crippen LogP contribution in [0.15, 0.2) is 6.33 Å². The fourth-order valence-electron chi connectivity index (χ4n) is 1.38. The maximum atomic E-state index is 5.67. The minimum atomic E-state index is -1.10. The molecule has 3 N–H and O–H groups in total. The van der Waals surface area contributed by atoms with E-state index in [0.29, 0.717) is 23.7 Å². The van der Waals surface area contributed by atoms with E-state index in [9.17, 15) is 0 Å². The van der Waals surface area contributed by atoms with Crippen molar-refractivity contribution in [3.05, 3.63) is 6.33 Å². The van der Waals surface area contributed by atoms with Crippen molar-refractivity contribution in [1.82, 2.24) is 19.9 Å². The number of nitrogen functional groups attached to an aromatic ring is 1. The van der Waals surface area contributed by atoms with Gasteiger partial charge in [-0.15, -0.1) is 0 Å². The van der Waals surface area contributed by atoms with E-state index in [1.807, 2.05) is 0 Å². The van der Waals surface area contributed by atoms with Crippen LogP contribution in [0.4, 0.5) is 5.95 Å². The Kier molecular flexibility index (Phi) is 3.01. The molecule has 2 heterocycles. The smallest absolute Gasteiger partial charge is 0.245 e. The first-order chi connectivity index (χ1) is 7.96. The summed E-state index contributed by atoms with van der Waals surface area (Å²) >= 11 is 0. The van der Waals surface area contributed by atoms with Gasteiger partial charge in [0, 0.05) is 8.07 Å². The Morgan fingerprint density at radius 2 is 2.12 bits per heavy atom. The van der Waals surface area contributed by atoms with Crippen molar-refractivity contribution in [3.8, 4) is 5.88 Å². The summed E-state index contributed by atoms with van der Waals surface area (Å²) < 4.78 is 5.67. The normalized spacial score (nSPS) is 11.9. The quantitative estimate of drug-likeness (QED) is 0.806. The van der Waals surface area contributed by atoms with E-state index in [2.05, 4.69) is 39.6 Å². The number of aromatic nitrogens is 4. The molecule has 2 aromatic rings. The number of nitrogens with one attached hydrogen (secondary N) is 1. The minimum absolute atomic E-state index is 0.188. The van der Waals surface area contributed by atoms with Crippen molar-refractivity contribution in [2.75, 3.05) is 12.3 Å². The lowest BCUT2D eigenvalue weighted by Crippen LogP contribution is -2.22. The Bertz CT molecular complexity index is 519.